The minimum atomic E-state index is -0.0523. The van der Waals surface area contributed by atoms with E-state index in [9.17, 15) is 4.79 Å². The molecule has 0 spiro atoms. The van der Waals surface area contributed by atoms with Crippen LogP contribution in [0.15, 0.2) is 35.5 Å². The van der Waals surface area contributed by atoms with E-state index in [1.165, 1.54) is 11.8 Å². The lowest BCUT2D eigenvalue weighted by Crippen LogP contribution is -2.29. The molecule has 1 aromatic heterocycles. The van der Waals surface area contributed by atoms with Gasteiger partial charge in [-0.3, -0.25) is 9.89 Å². The number of aryl methyl sites for hydroxylation is 1. The molecule has 0 bridgehead atoms. The smallest absolute Gasteiger partial charge is 0.230 e. The normalized spacial score (nSPS) is 10.4. The van der Waals surface area contributed by atoms with Crippen LogP contribution in [0.25, 0.3) is 0 Å². The second kappa shape index (κ2) is 9.09. The summed E-state index contributed by atoms with van der Waals surface area (Å²) >= 11 is 1.32. The van der Waals surface area contributed by atoms with Crippen molar-refractivity contribution in [3.05, 3.63) is 36.2 Å². The van der Waals surface area contributed by atoms with Crippen LogP contribution in [0, 0.1) is 0 Å². The van der Waals surface area contributed by atoms with Gasteiger partial charge in [0.1, 0.15) is 18.2 Å². The highest BCUT2D eigenvalue weighted by molar-refractivity contribution is 7.99. The van der Waals surface area contributed by atoms with Gasteiger partial charge in [0.2, 0.25) is 11.1 Å². The second-order valence-corrected chi connectivity index (χ2v) is 5.56. The van der Waals surface area contributed by atoms with Gasteiger partial charge >= 0.3 is 0 Å². The van der Waals surface area contributed by atoms with Gasteiger partial charge in [0.05, 0.1) is 12.3 Å². The number of ether oxygens (including phenoxy) is 1. The van der Waals surface area contributed by atoms with E-state index in [2.05, 4.69) is 27.4 Å². The van der Waals surface area contributed by atoms with Crippen LogP contribution < -0.4 is 10.1 Å². The number of H-pyrrole nitrogens is 1. The number of benzene rings is 1. The highest BCUT2D eigenvalue weighted by Gasteiger charge is 2.07. The molecule has 2 rings (SSSR count). The fraction of sp³-hybridized carbons (Fsp3) is 0.400. The van der Waals surface area contributed by atoms with Crippen molar-refractivity contribution in [1.29, 1.82) is 0 Å². The van der Waals surface area contributed by atoms with Crippen LogP contribution in [0.3, 0.4) is 0 Å². The van der Waals surface area contributed by atoms with Gasteiger partial charge in [-0.2, -0.15) is 0 Å². The quantitative estimate of drug-likeness (QED) is 0.546. The third-order valence-corrected chi connectivity index (χ3v) is 3.61. The predicted molar refractivity (Wildman–Crippen MR) is 86.0 cm³/mol. The average Bonchev–Trinajstić information content (AvgIpc) is 2.99. The molecule has 118 valence electrons. The van der Waals surface area contributed by atoms with Crippen LogP contribution in [-0.2, 0) is 11.2 Å². The van der Waals surface area contributed by atoms with Gasteiger partial charge in [0.25, 0.3) is 0 Å². The first-order valence-electron chi connectivity index (χ1n) is 7.26. The Morgan fingerprint density at radius 2 is 2.18 bits per heavy atom. The van der Waals surface area contributed by atoms with E-state index in [-0.39, 0.29) is 5.91 Å². The van der Waals surface area contributed by atoms with E-state index < -0.39 is 0 Å². The monoisotopic (exact) mass is 320 g/mol. The van der Waals surface area contributed by atoms with Crippen LogP contribution >= 0.6 is 11.8 Å². The molecule has 0 radical (unpaired) electrons. The van der Waals surface area contributed by atoms with Gasteiger partial charge in [-0.1, -0.05) is 36.9 Å². The molecular weight excluding hydrogens is 300 g/mol. The van der Waals surface area contributed by atoms with Crippen LogP contribution in [-0.4, -0.2) is 40.0 Å². The number of aromatic amines is 1. The first-order valence-corrected chi connectivity index (χ1v) is 8.25. The van der Waals surface area contributed by atoms with Crippen molar-refractivity contribution in [1.82, 2.24) is 20.5 Å². The molecule has 0 atom stereocenters. The molecule has 0 saturated carbocycles. The molecule has 6 nitrogen and oxygen atoms in total. The highest BCUT2D eigenvalue weighted by atomic mass is 32.2. The molecule has 1 heterocycles. The molecule has 0 unspecified atom stereocenters. The molecule has 0 aliphatic heterocycles. The Balaban J connectivity index is 1.59. The summed E-state index contributed by atoms with van der Waals surface area (Å²) < 4.78 is 5.50. The molecule has 2 aromatic rings. The zero-order chi connectivity index (χ0) is 15.6. The molecular formula is C15H20N4O2S. The Morgan fingerprint density at radius 1 is 1.36 bits per heavy atom. The maximum atomic E-state index is 11.7. The zero-order valence-electron chi connectivity index (χ0n) is 12.5. The Hall–Kier alpha value is -2.02. The van der Waals surface area contributed by atoms with Crippen molar-refractivity contribution in [2.24, 2.45) is 0 Å². The molecule has 1 amide bonds. The Bertz CT molecular complexity index is 574. The summed E-state index contributed by atoms with van der Waals surface area (Å²) in [4.78, 5) is 16.0. The number of nitrogens with one attached hydrogen (secondary N) is 2. The molecule has 0 aliphatic carbocycles. The number of hydrogen-bond donors (Lipinski definition) is 2. The van der Waals surface area contributed by atoms with Crippen LogP contribution in [0.1, 0.15) is 19.2 Å². The number of rotatable bonds is 9. The Kier molecular flexibility index (Phi) is 6.76. The van der Waals surface area contributed by atoms with Crippen molar-refractivity contribution in [3.8, 4) is 5.75 Å². The average molecular weight is 320 g/mol. The van der Waals surface area contributed by atoms with E-state index in [4.69, 9.17) is 4.74 Å². The zero-order valence-corrected chi connectivity index (χ0v) is 13.4. The van der Waals surface area contributed by atoms with Gasteiger partial charge in [-0.15, -0.1) is 5.10 Å². The summed E-state index contributed by atoms with van der Waals surface area (Å²) in [6, 6.07) is 9.52. The van der Waals surface area contributed by atoms with Crippen LogP contribution in [0.5, 0.6) is 5.75 Å². The number of carbonyl (C=O) groups excluding carboxylic acids is 1. The van der Waals surface area contributed by atoms with Crippen molar-refractivity contribution < 1.29 is 9.53 Å². The molecule has 7 heteroatoms. The number of para-hydroxylation sites is 1. The summed E-state index contributed by atoms with van der Waals surface area (Å²) in [5.41, 5.74) is 0. The maximum Gasteiger partial charge on any atom is 0.230 e. The summed E-state index contributed by atoms with van der Waals surface area (Å²) in [5, 5.41) is 10.3. The summed E-state index contributed by atoms with van der Waals surface area (Å²) in [7, 11) is 0. The molecule has 0 saturated heterocycles. The van der Waals surface area contributed by atoms with Crippen molar-refractivity contribution >= 4 is 17.7 Å². The highest BCUT2D eigenvalue weighted by Crippen LogP contribution is 2.12. The number of carbonyl (C=O) groups is 1. The molecule has 2 N–H and O–H groups in total. The molecule has 1 aromatic carbocycles. The van der Waals surface area contributed by atoms with E-state index >= 15 is 0 Å². The maximum absolute atomic E-state index is 11.7. The third kappa shape index (κ3) is 5.77. The Labute approximate surface area is 134 Å². The topological polar surface area (TPSA) is 79.9 Å². The van der Waals surface area contributed by atoms with Crippen LogP contribution in [0.2, 0.25) is 0 Å². The first kappa shape index (κ1) is 16.4. The minimum Gasteiger partial charge on any atom is -0.492 e. The van der Waals surface area contributed by atoms with E-state index in [0.717, 1.165) is 24.4 Å². The second-order valence-electron chi connectivity index (χ2n) is 4.61. The van der Waals surface area contributed by atoms with E-state index in [0.29, 0.717) is 24.1 Å². The number of hydrogen-bond acceptors (Lipinski definition) is 5. The number of nitrogens with zero attached hydrogens (tertiary/aromatic N) is 2. The van der Waals surface area contributed by atoms with Gasteiger partial charge < -0.3 is 10.1 Å². The fourth-order valence-electron chi connectivity index (χ4n) is 1.75. The SMILES string of the molecule is CCCc1nc(SCC(=O)NCCOc2ccccc2)n[nH]1. The van der Waals surface area contributed by atoms with E-state index in [1.807, 2.05) is 30.3 Å². The summed E-state index contributed by atoms with van der Waals surface area (Å²) in [5.74, 6) is 1.91. The predicted octanol–water partition coefficient (Wildman–Crippen LogP) is 2.04. The standard InChI is InChI=1S/C15H20N4O2S/c1-2-6-13-17-15(19-18-13)22-11-14(20)16-9-10-21-12-7-4-3-5-8-12/h3-5,7-8H,2,6,9-11H2,1H3,(H,16,20)(H,17,18,19). The van der Waals surface area contributed by atoms with Crippen molar-refractivity contribution in [3.63, 3.8) is 0 Å². The van der Waals surface area contributed by atoms with Crippen molar-refractivity contribution in [2.75, 3.05) is 18.9 Å². The van der Waals surface area contributed by atoms with Gasteiger partial charge in [-0.25, -0.2) is 4.98 Å². The number of amides is 1. The fourth-order valence-corrected chi connectivity index (χ4v) is 2.40. The summed E-state index contributed by atoms with van der Waals surface area (Å²) in [6.07, 6.45) is 1.89. The molecule has 22 heavy (non-hydrogen) atoms. The third-order valence-electron chi connectivity index (χ3n) is 2.77. The lowest BCUT2D eigenvalue weighted by molar-refractivity contribution is -0.118. The van der Waals surface area contributed by atoms with Crippen molar-refractivity contribution in [2.45, 2.75) is 24.9 Å². The molecule has 0 aliphatic rings. The number of aromatic nitrogens is 3. The number of thioether (sulfide) groups is 1. The van der Waals surface area contributed by atoms with Gasteiger partial charge in [0, 0.05) is 6.42 Å². The minimum absolute atomic E-state index is 0.0523. The lowest BCUT2D eigenvalue weighted by Gasteiger charge is -2.06. The largest absolute Gasteiger partial charge is 0.492 e. The van der Waals surface area contributed by atoms with Crippen LogP contribution in [0.4, 0.5) is 0 Å². The first-order chi connectivity index (χ1) is 10.8. The molecule has 0 fully saturated rings. The van der Waals surface area contributed by atoms with Gasteiger partial charge in [0.15, 0.2) is 0 Å². The lowest BCUT2D eigenvalue weighted by atomic mass is 10.3. The Morgan fingerprint density at radius 3 is 2.95 bits per heavy atom. The van der Waals surface area contributed by atoms with E-state index in [1.54, 1.807) is 0 Å². The summed E-state index contributed by atoms with van der Waals surface area (Å²) in [6.45, 7) is 3.01. The van der Waals surface area contributed by atoms with Gasteiger partial charge in [-0.05, 0) is 18.6 Å².